The molecule has 0 aliphatic carbocycles. The number of fused-ring (bicyclic) bond motifs is 1. The van der Waals surface area contributed by atoms with Crippen molar-refractivity contribution >= 4 is 5.97 Å². The molecule has 2 aromatic rings. The van der Waals surface area contributed by atoms with Crippen molar-refractivity contribution in [1.82, 2.24) is 0 Å². The van der Waals surface area contributed by atoms with E-state index in [1.54, 1.807) is 24.3 Å². The molecular weight excluding hydrogens is 294 g/mol. The SMILES string of the molecule is COC(=O)c1ccc2c(c1)C(c1cccc[n+]1[O-])CC(C)(C)O2. The standard InChI is InChI=1S/C18H19NO4/c1-18(2)11-14(15-6-4-5-9-19(15)21)13-10-12(17(20)22-3)7-8-16(13)23-18/h4-10,14H,11H2,1-3H3. The first kappa shape index (κ1) is 15.3. The minimum Gasteiger partial charge on any atom is -0.618 e. The number of aromatic nitrogens is 1. The molecule has 0 spiro atoms. The highest BCUT2D eigenvalue weighted by Gasteiger charge is 2.38. The van der Waals surface area contributed by atoms with Crippen molar-refractivity contribution < 1.29 is 19.0 Å². The number of ether oxygens (including phenoxy) is 2. The number of benzene rings is 1. The maximum Gasteiger partial charge on any atom is 0.337 e. The topological polar surface area (TPSA) is 62.5 Å². The molecule has 0 bridgehead atoms. The van der Waals surface area contributed by atoms with Gasteiger partial charge in [0.2, 0.25) is 5.69 Å². The van der Waals surface area contributed by atoms with Gasteiger partial charge in [0.1, 0.15) is 11.4 Å². The predicted molar refractivity (Wildman–Crippen MR) is 84.4 cm³/mol. The molecule has 1 aromatic heterocycles. The molecule has 0 amide bonds. The Kier molecular flexibility index (Phi) is 3.72. The molecule has 0 N–H and O–H groups in total. The number of hydrogen-bond acceptors (Lipinski definition) is 4. The smallest absolute Gasteiger partial charge is 0.337 e. The van der Waals surface area contributed by atoms with Crippen molar-refractivity contribution in [2.45, 2.75) is 31.8 Å². The van der Waals surface area contributed by atoms with Gasteiger partial charge < -0.3 is 14.7 Å². The van der Waals surface area contributed by atoms with Gasteiger partial charge in [-0.05, 0) is 38.1 Å². The molecule has 5 heteroatoms. The van der Waals surface area contributed by atoms with Gasteiger partial charge in [0.25, 0.3) is 0 Å². The molecule has 1 unspecified atom stereocenters. The summed E-state index contributed by atoms with van der Waals surface area (Å²) in [5.41, 5.74) is 1.54. The molecule has 0 saturated heterocycles. The summed E-state index contributed by atoms with van der Waals surface area (Å²) < 4.78 is 11.7. The van der Waals surface area contributed by atoms with Gasteiger partial charge in [-0.1, -0.05) is 0 Å². The van der Waals surface area contributed by atoms with Gasteiger partial charge in [-0.25, -0.2) is 4.79 Å². The number of pyridine rings is 1. The van der Waals surface area contributed by atoms with Crippen LogP contribution in [0.1, 0.15) is 47.8 Å². The minimum atomic E-state index is -0.403. The molecule has 23 heavy (non-hydrogen) atoms. The number of nitrogens with zero attached hydrogens (tertiary/aromatic N) is 1. The Labute approximate surface area is 135 Å². The van der Waals surface area contributed by atoms with Crippen LogP contribution >= 0.6 is 0 Å². The maximum atomic E-state index is 12.2. The van der Waals surface area contributed by atoms with Crippen LogP contribution in [0.15, 0.2) is 42.6 Å². The number of carbonyl (C=O) groups is 1. The van der Waals surface area contributed by atoms with E-state index in [-0.39, 0.29) is 5.92 Å². The van der Waals surface area contributed by atoms with Gasteiger partial charge in [0.15, 0.2) is 6.20 Å². The van der Waals surface area contributed by atoms with Gasteiger partial charge in [-0.15, -0.1) is 0 Å². The molecular formula is C18H19NO4. The van der Waals surface area contributed by atoms with Crippen LogP contribution in [0.5, 0.6) is 5.75 Å². The van der Waals surface area contributed by atoms with Crippen LogP contribution in [0, 0.1) is 5.21 Å². The zero-order chi connectivity index (χ0) is 16.6. The second-order valence-electron chi connectivity index (χ2n) is 6.31. The minimum absolute atomic E-state index is 0.142. The Morgan fingerprint density at radius 1 is 1.35 bits per heavy atom. The Balaban J connectivity index is 2.14. The van der Waals surface area contributed by atoms with Crippen LogP contribution in [-0.4, -0.2) is 18.7 Å². The van der Waals surface area contributed by atoms with Gasteiger partial charge in [0, 0.05) is 24.1 Å². The van der Waals surface area contributed by atoms with E-state index in [1.807, 2.05) is 26.0 Å². The van der Waals surface area contributed by atoms with E-state index in [4.69, 9.17) is 9.47 Å². The number of esters is 1. The summed E-state index contributed by atoms with van der Waals surface area (Å²) in [4.78, 5) is 11.8. The van der Waals surface area contributed by atoms with Crippen LogP contribution < -0.4 is 9.47 Å². The van der Waals surface area contributed by atoms with Crippen molar-refractivity contribution in [2.75, 3.05) is 7.11 Å². The van der Waals surface area contributed by atoms with E-state index in [1.165, 1.54) is 13.3 Å². The predicted octanol–water partition coefficient (Wildman–Crippen LogP) is 2.80. The zero-order valence-corrected chi connectivity index (χ0v) is 13.4. The molecule has 0 fully saturated rings. The Bertz CT molecular complexity index is 754. The second kappa shape index (κ2) is 5.57. The molecule has 3 rings (SSSR count). The highest BCUT2D eigenvalue weighted by atomic mass is 16.5. The third kappa shape index (κ3) is 2.86. The first-order chi connectivity index (χ1) is 10.9. The Morgan fingerprint density at radius 3 is 2.83 bits per heavy atom. The van der Waals surface area contributed by atoms with E-state index >= 15 is 0 Å². The summed E-state index contributed by atoms with van der Waals surface area (Å²) in [6, 6.07) is 10.6. The maximum absolute atomic E-state index is 12.2. The van der Waals surface area contributed by atoms with E-state index in [2.05, 4.69) is 0 Å². The third-order valence-electron chi connectivity index (χ3n) is 4.10. The quantitative estimate of drug-likeness (QED) is 0.486. The summed E-state index contributed by atoms with van der Waals surface area (Å²) in [6.07, 6.45) is 2.14. The van der Waals surface area contributed by atoms with Crippen molar-refractivity contribution in [3.63, 3.8) is 0 Å². The van der Waals surface area contributed by atoms with Gasteiger partial charge in [-0.2, -0.15) is 4.73 Å². The number of carbonyl (C=O) groups excluding carboxylic acids is 1. The van der Waals surface area contributed by atoms with Gasteiger partial charge in [-0.3, -0.25) is 0 Å². The number of hydrogen-bond donors (Lipinski definition) is 0. The van der Waals surface area contributed by atoms with Crippen molar-refractivity contribution in [2.24, 2.45) is 0 Å². The van der Waals surface area contributed by atoms with E-state index in [0.717, 1.165) is 10.3 Å². The zero-order valence-electron chi connectivity index (χ0n) is 13.4. The first-order valence-electron chi connectivity index (χ1n) is 7.50. The normalized spacial score (nSPS) is 18.7. The van der Waals surface area contributed by atoms with E-state index < -0.39 is 11.6 Å². The van der Waals surface area contributed by atoms with Crippen LogP contribution in [0.4, 0.5) is 0 Å². The monoisotopic (exact) mass is 313 g/mol. The molecule has 5 nitrogen and oxygen atoms in total. The average molecular weight is 313 g/mol. The largest absolute Gasteiger partial charge is 0.618 e. The van der Waals surface area contributed by atoms with Crippen molar-refractivity contribution in [3.8, 4) is 5.75 Å². The second-order valence-corrected chi connectivity index (χ2v) is 6.31. The summed E-state index contributed by atoms with van der Waals surface area (Å²) in [5, 5.41) is 12.2. The molecule has 1 aliphatic heterocycles. The van der Waals surface area contributed by atoms with Crippen LogP contribution in [0.25, 0.3) is 0 Å². The van der Waals surface area contributed by atoms with Crippen LogP contribution in [-0.2, 0) is 4.74 Å². The third-order valence-corrected chi connectivity index (χ3v) is 4.10. The summed E-state index contributed by atoms with van der Waals surface area (Å²) in [7, 11) is 1.35. The molecule has 0 saturated carbocycles. The fourth-order valence-corrected chi connectivity index (χ4v) is 3.07. The van der Waals surface area contributed by atoms with Crippen LogP contribution in [0.3, 0.4) is 0 Å². The fraction of sp³-hybridized carbons (Fsp3) is 0.333. The summed E-state index contributed by atoms with van der Waals surface area (Å²) >= 11 is 0. The highest BCUT2D eigenvalue weighted by Crippen LogP contribution is 2.43. The van der Waals surface area contributed by atoms with Crippen molar-refractivity contribution in [3.05, 3.63) is 64.6 Å². The lowest BCUT2D eigenvalue weighted by Crippen LogP contribution is -2.40. The van der Waals surface area contributed by atoms with Crippen molar-refractivity contribution in [1.29, 1.82) is 0 Å². The molecule has 120 valence electrons. The Hall–Kier alpha value is -2.56. The number of rotatable bonds is 2. The van der Waals surface area contributed by atoms with Gasteiger partial charge >= 0.3 is 5.97 Å². The summed E-state index contributed by atoms with van der Waals surface area (Å²) in [6.45, 7) is 3.99. The fourth-order valence-electron chi connectivity index (χ4n) is 3.07. The summed E-state index contributed by atoms with van der Waals surface area (Å²) in [5.74, 6) is 0.152. The molecule has 2 heterocycles. The highest BCUT2D eigenvalue weighted by molar-refractivity contribution is 5.89. The lowest BCUT2D eigenvalue weighted by molar-refractivity contribution is -0.615. The lowest BCUT2D eigenvalue weighted by Gasteiger charge is -2.36. The molecule has 1 atom stereocenters. The van der Waals surface area contributed by atoms with E-state index in [9.17, 15) is 10.0 Å². The number of methoxy groups -OCH3 is 1. The first-order valence-corrected chi connectivity index (χ1v) is 7.50. The van der Waals surface area contributed by atoms with Crippen LogP contribution in [0.2, 0.25) is 0 Å². The van der Waals surface area contributed by atoms with E-state index in [0.29, 0.717) is 23.4 Å². The molecule has 1 aliphatic rings. The Morgan fingerprint density at radius 2 is 2.13 bits per heavy atom. The average Bonchev–Trinajstić information content (AvgIpc) is 2.52. The molecule has 0 radical (unpaired) electrons. The molecule has 1 aromatic carbocycles. The van der Waals surface area contributed by atoms with Gasteiger partial charge in [0.05, 0.1) is 18.6 Å². The lowest BCUT2D eigenvalue weighted by atomic mass is 9.81.